The molecule has 22 heavy (non-hydrogen) atoms. The monoisotopic (exact) mass is 297 g/mol. The molecule has 112 valence electrons. The third-order valence-corrected chi connectivity index (χ3v) is 3.44. The average Bonchev–Trinajstić information content (AvgIpc) is 2.87. The third-order valence-electron chi connectivity index (χ3n) is 3.44. The molecule has 0 spiro atoms. The fourth-order valence-electron chi connectivity index (χ4n) is 2.28. The van der Waals surface area contributed by atoms with Crippen molar-refractivity contribution in [2.75, 3.05) is 0 Å². The number of halogens is 1. The Kier molecular flexibility index (Phi) is 3.87. The van der Waals surface area contributed by atoms with Gasteiger partial charge in [0, 0.05) is 24.5 Å². The minimum atomic E-state index is -0.314. The summed E-state index contributed by atoms with van der Waals surface area (Å²) in [5.41, 5.74) is 3.10. The van der Waals surface area contributed by atoms with Crippen LogP contribution in [0, 0.1) is 12.7 Å². The van der Waals surface area contributed by atoms with Gasteiger partial charge in [-0.3, -0.25) is 4.79 Å². The SMILES string of the molecule is Cc1ccn2cc(CC(=O)NCc3ccccc3F)nc2c1. The molecule has 0 saturated carbocycles. The maximum atomic E-state index is 13.5. The summed E-state index contributed by atoms with van der Waals surface area (Å²) in [4.78, 5) is 16.4. The summed E-state index contributed by atoms with van der Waals surface area (Å²) in [6.45, 7) is 2.17. The zero-order valence-corrected chi connectivity index (χ0v) is 12.2. The van der Waals surface area contributed by atoms with Gasteiger partial charge in [-0.2, -0.15) is 0 Å². The van der Waals surface area contributed by atoms with Crippen molar-refractivity contribution >= 4 is 11.6 Å². The zero-order chi connectivity index (χ0) is 15.5. The number of imidazole rings is 1. The average molecular weight is 297 g/mol. The first-order valence-corrected chi connectivity index (χ1v) is 7.06. The second-order valence-electron chi connectivity index (χ2n) is 5.25. The van der Waals surface area contributed by atoms with Crippen molar-refractivity contribution in [3.8, 4) is 0 Å². The molecule has 0 fully saturated rings. The van der Waals surface area contributed by atoms with Gasteiger partial charge in [0.15, 0.2) is 0 Å². The molecule has 5 heteroatoms. The van der Waals surface area contributed by atoms with E-state index in [1.54, 1.807) is 18.2 Å². The normalized spacial score (nSPS) is 10.8. The molecule has 0 bridgehead atoms. The van der Waals surface area contributed by atoms with E-state index < -0.39 is 0 Å². The molecule has 0 atom stereocenters. The van der Waals surface area contributed by atoms with Crippen LogP contribution in [-0.4, -0.2) is 15.3 Å². The summed E-state index contributed by atoms with van der Waals surface area (Å²) >= 11 is 0. The van der Waals surface area contributed by atoms with Crippen molar-refractivity contribution in [2.45, 2.75) is 19.9 Å². The molecule has 0 aliphatic rings. The van der Waals surface area contributed by atoms with Gasteiger partial charge in [-0.25, -0.2) is 9.37 Å². The molecule has 2 heterocycles. The van der Waals surface area contributed by atoms with E-state index in [1.165, 1.54) is 6.07 Å². The van der Waals surface area contributed by atoms with E-state index in [4.69, 9.17) is 0 Å². The summed E-state index contributed by atoms with van der Waals surface area (Å²) in [6, 6.07) is 10.3. The van der Waals surface area contributed by atoms with E-state index in [1.807, 2.05) is 35.9 Å². The van der Waals surface area contributed by atoms with Crippen molar-refractivity contribution in [1.29, 1.82) is 0 Å². The summed E-state index contributed by atoms with van der Waals surface area (Å²) in [5, 5.41) is 2.72. The van der Waals surface area contributed by atoms with Gasteiger partial charge in [0.05, 0.1) is 12.1 Å². The number of rotatable bonds is 4. The predicted octanol–water partition coefficient (Wildman–Crippen LogP) is 2.64. The van der Waals surface area contributed by atoms with E-state index in [9.17, 15) is 9.18 Å². The highest BCUT2D eigenvalue weighted by Gasteiger charge is 2.09. The summed E-state index contributed by atoms with van der Waals surface area (Å²) in [5.74, 6) is -0.491. The zero-order valence-electron chi connectivity index (χ0n) is 12.2. The Labute approximate surface area is 127 Å². The minimum absolute atomic E-state index is 0.176. The Morgan fingerprint density at radius 2 is 2.14 bits per heavy atom. The van der Waals surface area contributed by atoms with Gasteiger partial charge >= 0.3 is 0 Å². The molecule has 1 N–H and O–H groups in total. The maximum Gasteiger partial charge on any atom is 0.226 e. The van der Waals surface area contributed by atoms with Crippen LogP contribution < -0.4 is 5.32 Å². The molecule has 2 aromatic heterocycles. The highest BCUT2D eigenvalue weighted by Crippen LogP contribution is 2.09. The van der Waals surface area contributed by atoms with Crippen LogP contribution in [0.3, 0.4) is 0 Å². The number of amides is 1. The van der Waals surface area contributed by atoms with Gasteiger partial charge in [-0.05, 0) is 30.7 Å². The standard InChI is InChI=1S/C17H16FN3O/c1-12-6-7-21-11-14(20-16(21)8-12)9-17(22)19-10-13-4-2-3-5-15(13)18/h2-8,11H,9-10H2,1H3,(H,19,22). The lowest BCUT2D eigenvalue weighted by molar-refractivity contribution is -0.120. The molecule has 3 rings (SSSR count). The number of aromatic nitrogens is 2. The highest BCUT2D eigenvalue weighted by atomic mass is 19.1. The molecule has 0 radical (unpaired) electrons. The predicted molar refractivity (Wildman–Crippen MR) is 81.9 cm³/mol. The molecular weight excluding hydrogens is 281 g/mol. The van der Waals surface area contributed by atoms with Crippen LogP contribution in [0.4, 0.5) is 4.39 Å². The number of fused-ring (bicyclic) bond motifs is 1. The lowest BCUT2D eigenvalue weighted by atomic mass is 10.2. The molecular formula is C17H16FN3O. The number of carbonyl (C=O) groups is 1. The second kappa shape index (κ2) is 5.97. The van der Waals surface area contributed by atoms with Gasteiger partial charge < -0.3 is 9.72 Å². The molecule has 0 aliphatic carbocycles. The first kappa shape index (κ1) is 14.3. The number of nitrogens with one attached hydrogen (secondary N) is 1. The summed E-state index contributed by atoms with van der Waals surface area (Å²) < 4.78 is 15.4. The van der Waals surface area contributed by atoms with Crippen molar-refractivity contribution in [1.82, 2.24) is 14.7 Å². The Hall–Kier alpha value is -2.69. The van der Waals surface area contributed by atoms with Crippen molar-refractivity contribution in [3.63, 3.8) is 0 Å². The molecule has 0 aliphatic heterocycles. The van der Waals surface area contributed by atoms with Crippen LogP contribution in [0.2, 0.25) is 0 Å². The first-order valence-electron chi connectivity index (χ1n) is 7.06. The molecule has 3 aromatic rings. The number of hydrogen-bond acceptors (Lipinski definition) is 2. The summed E-state index contributed by atoms with van der Waals surface area (Å²) in [6.07, 6.45) is 3.92. The van der Waals surface area contributed by atoms with Gasteiger partial charge in [-0.1, -0.05) is 18.2 Å². The highest BCUT2D eigenvalue weighted by molar-refractivity contribution is 5.78. The molecule has 0 saturated heterocycles. The number of hydrogen-bond donors (Lipinski definition) is 1. The van der Waals surface area contributed by atoms with Gasteiger partial charge in [0.2, 0.25) is 5.91 Å². The number of nitrogens with zero attached hydrogens (tertiary/aromatic N) is 2. The van der Waals surface area contributed by atoms with E-state index >= 15 is 0 Å². The van der Waals surface area contributed by atoms with Gasteiger partial charge in [0.25, 0.3) is 0 Å². The lowest BCUT2D eigenvalue weighted by Gasteiger charge is -2.05. The fourth-order valence-corrected chi connectivity index (χ4v) is 2.28. The van der Waals surface area contributed by atoms with Crippen molar-refractivity contribution in [2.24, 2.45) is 0 Å². The number of benzene rings is 1. The smallest absolute Gasteiger partial charge is 0.226 e. The van der Waals surface area contributed by atoms with Crippen LogP contribution in [0.15, 0.2) is 48.8 Å². The first-order chi connectivity index (χ1) is 10.6. The largest absolute Gasteiger partial charge is 0.352 e. The molecule has 4 nitrogen and oxygen atoms in total. The molecule has 1 aromatic carbocycles. The molecule has 1 amide bonds. The van der Waals surface area contributed by atoms with Crippen molar-refractivity contribution in [3.05, 3.63) is 71.4 Å². The van der Waals surface area contributed by atoms with Gasteiger partial charge in [0.1, 0.15) is 11.5 Å². The Morgan fingerprint density at radius 3 is 2.95 bits per heavy atom. The quantitative estimate of drug-likeness (QED) is 0.804. The number of pyridine rings is 1. The molecule has 0 unspecified atom stereocenters. The minimum Gasteiger partial charge on any atom is -0.352 e. The Bertz CT molecular complexity index is 826. The number of carbonyl (C=O) groups excluding carboxylic acids is 1. The topological polar surface area (TPSA) is 46.4 Å². The van der Waals surface area contributed by atoms with Crippen LogP contribution in [-0.2, 0) is 17.8 Å². The van der Waals surface area contributed by atoms with Gasteiger partial charge in [-0.15, -0.1) is 0 Å². The number of aryl methyl sites for hydroxylation is 1. The third kappa shape index (κ3) is 3.14. The van der Waals surface area contributed by atoms with Crippen molar-refractivity contribution < 1.29 is 9.18 Å². The maximum absolute atomic E-state index is 13.5. The lowest BCUT2D eigenvalue weighted by Crippen LogP contribution is -2.25. The Balaban J connectivity index is 1.64. The van der Waals surface area contributed by atoms with E-state index in [0.717, 1.165) is 11.2 Å². The Morgan fingerprint density at radius 1 is 1.32 bits per heavy atom. The van der Waals surface area contributed by atoms with E-state index in [2.05, 4.69) is 10.3 Å². The summed E-state index contributed by atoms with van der Waals surface area (Å²) in [7, 11) is 0. The van der Waals surface area contributed by atoms with E-state index in [0.29, 0.717) is 11.3 Å². The van der Waals surface area contributed by atoms with Crippen LogP contribution in [0.1, 0.15) is 16.8 Å². The second-order valence-corrected chi connectivity index (χ2v) is 5.25. The van der Waals surface area contributed by atoms with Crippen LogP contribution >= 0.6 is 0 Å². The van der Waals surface area contributed by atoms with Crippen LogP contribution in [0.5, 0.6) is 0 Å². The van der Waals surface area contributed by atoms with E-state index in [-0.39, 0.29) is 24.7 Å². The van der Waals surface area contributed by atoms with Crippen LogP contribution in [0.25, 0.3) is 5.65 Å². The fraction of sp³-hybridized carbons (Fsp3) is 0.176.